The Bertz CT molecular complexity index is 20.8. The highest BCUT2D eigenvalue weighted by molar-refractivity contribution is 6.89. The van der Waals surface area contributed by atoms with Gasteiger partial charge in [0.25, 0.3) is 0 Å². The average molecular weight is 83.7 g/mol. The molecule has 0 aliphatic rings. The molecular weight excluding hydrogens is 73.7 g/mol. The van der Waals surface area contributed by atoms with Crippen molar-refractivity contribution in [3.63, 3.8) is 0 Å². The predicted octanol–water partition coefficient (Wildman–Crippen LogP) is -0.964. The number of hydrogen-bond donors (Lipinski definition) is 0. The molecule has 0 heterocycles. The molecule has 0 fully saturated rings. The van der Waals surface area contributed by atoms with Crippen LogP contribution in [-0.2, 0) is 4.74 Å². The van der Waals surface area contributed by atoms with Crippen molar-refractivity contribution in [1.82, 2.24) is 0 Å². The quantitative estimate of drug-likeness (QED) is 0.316. The Balaban J connectivity index is 2.34. The Morgan fingerprint density at radius 2 is 2.50 bits per heavy atom. The first-order valence-electron chi connectivity index (χ1n) is 2.40. The maximum atomic E-state index is 4.78. The molecule has 0 aliphatic carbocycles. The van der Waals surface area contributed by atoms with Crippen molar-refractivity contribution in [3.8, 4) is 0 Å². The highest BCUT2D eigenvalue weighted by atomic mass is 16.5. The molecule has 0 bridgehead atoms. The largest absolute Gasteiger partial charge is 0.385 e. The molecule has 0 aromatic rings. The van der Waals surface area contributed by atoms with Gasteiger partial charge in [-0.2, -0.15) is 0 Å². The second kappa shape index (κ2) is 5.09. The van der Waals surface area contributed by atoms with E-state index in [9.17, 15) is 0 Å². The lowest BCUT2D eigenvalue weighted by Gasteiger charge is -1.88. The summed E-state index contributed by atoms with van der Waals surface area (Å²) in [6.07, 6.45) is 1.19. The van der Waals surface area contributed by atoms with Gasteiger partial charge < -0.3 is 4.74 Å². The van der Waals surface area contributed by atoms with E-state index in [1.54, 1.807) is 7.11 Å². The smallest absolute Gasteiger partial charge is 0.0850 e. The van der Waals surface area contributed by atoms with Crippen molar-refractivity contribution in [1.29, 1.82) is 0 Å². The van der Waals surface area contributed by atoms with E-state index in [2.05, 4.69) is 7.74 Å². The molecule has 3 heteroatoms. The summed E-state index contributed by atoms with van der Waals surface area (Å²) in [6.45, 7) is 0.913. The van der Waals surface area contributed by atoms with Crippen LogP contribution < -0.4 is 0 Å². The predicted molar refractivity (Wildman–Crippen MR) is 32.4 cm³/mol. The molecule has 0 spiro atoms. The minimum atomic E-state index is 0.913. The molecule has 0 N–H and O–H groups in total. The van der Waals surface area contributed by atoms with Gasteiger partial charge in [-0.15, -0.1) is 0 Å². The lowest BCUT2D eigenvalue weighted by Crippen LogP contribution is -1.93. The van der Waals surface area contributed by atoms with Gasteiger partial charge in [0.1, 0.15) is 0 Å². The van der Waals surface area contributed by atoms with Crippen LogP contribution in [0.2, 0.25) is 6.32 Å². The topological polar surface area (TPSA) is 9.23 Å². The van der Waals surface area contributed by atoms with Gasteiger partial charge in [-0.1, -0.05) is 6.32 Å². The summed E-state index contributed by atoms with van der Waals surface area (Å²) in [4.78, 5) is 0. The van der Waals surface area contributed by atoms with Crippen molar-refractivity contribution < 1.29 is 4.74 Å². The van der Waals surface area contributed by atoms with Crippen LogP contribution >= 0.6 is 0 Å². The first-order valence-corrected chi connectivity index (χ1v) is 2.40. The van der Waals surface area contributed by atoms with Gasteiger partial charge in [0, 0.05) is 13.7 Å². The van der Waals surface area contributed by atoms with Crippen LogP contribution in [0.5, 0.6) is 0 Å². The fraction of sp³-hybridized carbons (Fsp3) is 1.00. The molecule has 0 radical (unpaired) electrons. The van der Waals surface area contributed by atoms with E-state index < -0.39 is 0 Å². The molecule has 0 amide bonds. The Morgan fingerprint density at radius 3 is 2.67 bits per heavy atom. The van der Waals surface area contributed by atoms with Crippen LogP contribution in [0.1, 0.15) is 0 Å². The van der Waals surface area contributed by atoms with E-state index in [1.165, 1.54) is 13.5 Å². The Hall–Kier alpha value is 0.0899. The summed E-state index contributed by atoms with van der Waals surface area (Å²) >= 11 is 0. The molecule has 0 atom stereocenters. The van der Waals surface area contributed by atoms with Crippen molar-refractivity contribution in [2.45, 2.75) is 6.32 Å². The van der Waals surface area contributed by atoms with Crippen molar-refractivity contribution in [3.05, 3.63) is 0 Å². The molecule has 0 saturated carbocycles. The molecular formula is C3H10B2O. The molecule has 1 nitrogen and oxygen atoms in total. The van der Waals surface area contributed by atoms with Gasteiger partial charge in [-0.3, -0.25) is 0 Å². The first-order chi connectivity index (χ1) is 2.91. The molecule has 0 saturated heterocycles. The maximum absolute atomic E-state index is 4.78. The molecule has 0 aromatic carbocycles. The summed E-state index contributed by atoms with van der Waals surface area (Å²) in [7, 11) is 5.11. The van der Waals surface area contributed by atoms with Crippen molar-refractivity contribution in [2.75, 3.05) is 13.7 Å². The lowest BCUT2D eigenvalue weighted by molar-refractivity contribution is 0.216. The summed E-state index contributed by atoms with van der Waals surface area (Å²) in [5, 5.41) is 0. The molecule has 34 valence electrons. The first kappa shape index (κ1) is 6.09. The summed E-state index contributed by atoms with van der Waals surface area (Å²) in [5.41, 5.74) is 0. The highest BCUT2D eigenvalue weighted by Crippen LogP contribution is 1.72. The third kappa shape index (κ3) is 4.09. The summed E-state index contributed by atoms with van der Waals surface area (Å²) < 4.78 is 4.78. The van der Waals surface area contributed by atoms with Crippen LogP contribution in [0.15, 0.2) is 0 Å². The van der Waals surface area contributed by atoms with E-state index in [0.29, 0.717) is 0 Å². The normalized spacial score (nSPS) is 8.17. The Kier molecular flexibility index (Phi) is 5.17. The fourth-order valence-electron chi connectivity index (χ4n) is 0.289. The van der Waals surface area contributed by atoms with Gasteiger partial charge in [0.2, 0.25) is 0 Å². The SMILES string of the molecule is BBCCOC. The zero-order valence-electron chi connectivity index (χ0n) is 4.53. The van der Waals surface area contributed by atoms with Gasteiger partial charge >= 0.3 is 0 Å². The molecule has 0 aromatic heterocycles. The number of rotatable bonds is 3. The van der Waals surface area contributed by atoms with Crippen LogP contribution in [0.25, 0.3) is 0 Å². The van der Waals surface area contributed by atoms with E-state index in [4.69, 9.17) is 4.74 Å². The summed E-state index contributed by atoms with van der Waals surface area (Å²) in [6, 6.07) is 0. The second-order valence-electron chi connectivity index (χ2n) is 1.35. The van der Waals surface area contributed by atoms with Crippen LogP contribution in [0.3, 0.4) is 0 Å². The number of hydrogen-bond acceptors (Lipinski definition) is 1. The lowest BCUT2D eigenvalue weighted by atomic mass is 9.54. The minimum absolute atomic E-state index is 0.913. The van der Waals surface area contributed by atoms with Crippen molar-refractivity contribution >= 4 is 14.9 Å². The zero-order valence-corrected chi connectivity index (χ0v) is 4.53. The third-order valence-corrected chi connectivity index (χ3v) is 0.702. The second-order valence-corrected chi connectivity index (χ2v) is 1.35. The van der Waals surface area contributed by atoms with Crippen molar-refractivity contribution in [2.24, 2.45) is 0 Å². The fourth-order valence-corrected chi connectivity index (χ4v) is 0.289. The monoisotopic (exact) mass is 84.1 g/mol. The maximum Gasteiger partial charge on any atom is 0.0850 e. The zero-order chi connectivity index (χ0) is 4.83. The Labute approximate surface area is 40.7 Å². The van der Waals surface area contributed by atoms with Gasteiger partial charge in [0.05, 0.1) is 14.9 Å². The van der Waals surface area contributed by atoms with E-state index in [-0.39, 0.29) is 0 Å². The molecule has 6 heavy (non-hydrogen) atoms. The average Bonchev–Trinajstić information content (AvgIpc) is 1.61. The van der Waals surface area contributed by atoms with E-state index in [0.717, 1.165) is 6.61 Å². The minimum Gasteiger partial charge on any atom is -0.385 e. The Morgan fingerprint density at radius 1 is 1.83 bits per heavy atom. The van der Waals surface area contributed by atoms with Gasteiger partial charge in [-0.05, 0) is 0 Å². The van der Waals surface area contributed by atoms with Crippen LogP contribution in [0, 0.1) is 0 Å². The number of ether oxygens (including phenoxy) is 1. The van der Waals surface area contributed by atoms with E-state index >= 15 is 0 Å². The van der Waals surface area contributed by atoms with Crippen LogP contribution in [-0.4, -0.2) is 28.6 Å². The number of methoxy groups -OCH3 is 1. The third-order valence-electron chi connectivity index (χ3n) is 0.702. The molecule has 0 unspecified atom stereocenters. The van der Waals surface area contributed by atoms with E-state index in [1.807, 2.05) is 0 Å². The van der Waals surface area contributed by atoms with Crippen LogP contribution in [0.4, 0.5) is 0 Å². The standard InChI is InChI=1S/C3H10B2O/c1-6-3-2-5-4/h5H,2-4H2,1H3. The van der Waals surface area contributed by atoms with Gasteiger partial charge in [0.15, 0.2) is 0 Å². The van der Waals surface area contributed by atoms with Gasteiger partial charge in [-0.25, -0.2) is 0 Å². The molecule has 0 rings (SSSR count). The highest BCUT2D eigenvalue weighted by Gasteiger charge is 1.77. The summed E-state index contributed by atoms with van der Waals surface area (Å²) in [5.74, 6) is 0. The molecule has 0 aliphatic heterocycles.